The minimum Gasteiger partial charge on any atom is -0.480 e. The maximum absolute atomic E-state index is 11.1. The fourth-order valence-electron chi connectivity index (χ4n) is 2.57. The molecular weight excluding hydrogens is 232 g/mol. The van der Waals surface area contributed by atoms with Crippen LogP contribution in [0.4, 0.5) is 0 Å². The second-order valence-corrected chi connectivity index (χ2v) is 5.18. The number of nitrogens with one attached hydrogen (secondary N) is 1. The molecule has 1 aliphatic carbocycles. The van der Waals surface area contributed by atoms with Gasteiger partial charge in [0, 0.05) is 19.5 Å². The highest BCUT2D eigenvalue weighted by Gasteiger charge is 2.24. The standard InChI is InChI=1S/C13H24N2O3/c1-10(16)14-12(13(17)18)9-15(2)11-7-5-3-4-6-8-11/h11-12H,3-9H2,1-2H3,(H,14,16)(H,17,18). The lowest BCUT2D eigenvalue weighted by atomic mass is 10.1. The second kappa shape index (κ2) is 7.36. The number of carboxylic acid groups (broad SMARTS) is 1. The zero-order chi connectivity index (χ0) is 13.5. The maximum atomic E-state index is 11.1. The van der Waals surface area contributed by atoms with Crippen LogP contribution in [0.5, 0.6) is 0 Å². The molecule has 18 heavy (non-hydrogen) atoms. The average Bonchev–Trinajstić information content (AvgIpc) is 2.55. The van der Waals surface area contributed by atoms with Gasteiger partial charge in [-0.1, -0.05) is 25.7 Å². The summed E-state index contributed by atoms with van der Waals surface area (Å²) in [6.45, 7) is 1.72. The van der Waals surface area contributed by atoms with E-state index in [9.17, 15) is 9.59 Å². The van der Waals surface area contributed by atoms with Crippen molar-refractivity contribution in [1.82, 2.24) is 10.2 Å². The summed E-state index contributed by atoms with van der Waals surface area (Å²) in [6.07, 6.45) is 7.24. The summed E-state index contributed by atoms with van der Waals surface area (Å²) in [4.78, 5) is 24.1. The fraction of sp³-hybridized carbons (Fsp3) is 0.846. The molecule has 0 aromatic rings. The maximum Gasteiger partial charge on any atom is 0.327 e. The van der Waals surface area contributed by atoms with E-state index in [4.69, 9.17) is 5.11 Å². The average molecular weight is 256 g/mol. The predicted molar refractivity (Wildman–Crippen MR) is 69.4 cm³/mol. The van der Waals surface area contributed by atoms with Crippen molar-refractivity contribution in [2.24, 2.45) is 0 Å². The number of rotatable bonds is 5. The second-order valence-electron chi connectivity index (χ2n) is 5.18. The van der Waals surface area contributed by atoms with Gasteiger partial charge in [0.15, 0.2) is 0 Å². The van der Waals surface area contributed by atoms with Crippen LogP contribution in [0.15, 0.2) is 0 Å². The summed E-state index contributed by atoms with van der Waals surface area (Å²) in [6, 6.07) is -0.362. The van der Waals surface area contributed by atoms with Gasteiger partial charge in [-0.15, -0.1) is 0 Å². The van der Waals surface area contributed by atoms with Crippen LogP contribution in [-0.2, 0) is 9.59 Å². The molecular formula is C13H24N2O3. The zero-order valence-corrected chi connectivity index (χ0v) is 11.3. The molecule has 0 saturated heterocycles. The number of nitrogens with zero attached hydrogens (tertiary/aromatic N) is 1. The van der Waals surface area contributed by atoms with Crippen molar-refractivity contribution in [2.75, 3.05) is 13.6 Å². The summed E-state index contributed by atoms with van der Waals surface area (Å²) in [5.74, 6) is -1.26. The largest absolute Gasteiger partial charge is 0.480 e. The Labute approximate surface area is 109 Å². The van der Waals surface area contributed by atoms with Crippen LogP contribution in [0.3, 0.4) is 0 Å². The van der Waals surface area contributed by atoms with E-state index in [1.807, 2.05) is 7.05 Å². The predicted octanol–water partition coefficient (Wildman–Crippen LogP) is 1.23. The molecule has 1 fully saturated rings. The van der Waals surface area contributed by atoms with Gasteiger partial charge in [-0.2, -0.15) is 0 Å². The van der Waals surface area contributed by atoms with E-state index >= 15 is 0 Å². The Hall–Kier alpha value is -1.10. The SMILES string of the molecule is CC(=O)NC(CN(C)C1CCCCCC1)C(=O)O. The van der Waals surface area contributed by atoms with Gasteiger partial charge >= 0.3 is 5.97 Å². The molecule has 1 rings (SSSR count). The minimum absolute atomic E-state index is 0.295. The Bertz CT molecular complexity index is 286. The number of hydrogen-bond acceptors (Lipinski definition) is 3. The number of aliphatic carboxylic acids is 1. The molecule has 0 aromatic carbocycles. The first-order valence-electron chi connectivity index (χ1n) is 6.71. The molecule has 1 saturated carbocycles. The van der Waals surface area contributed by atoms with Crippen LogP contribution in [-0.4, -0.2) is 47.6 Å². The first-order chi connectivity index (χ1) is 8.50. The quantitative estimate of drug-likeness (QED) is 0.726. The van der Waals surface area contributed by atoms with Crippen molar-refractivity contribution in [3.63, 3.8) is 0 Å². The molecule has 0 radical (unpaired) electrons. The van der Waals surface area contributed by atoms with Crippen LogP contribution in [0.2, 0.25) is 0 Å². The van der Waals surface area contributed by atoms with Crippen molar-refractivity contribution >= 4 is 11.9 Å². The lowest BCUT2D eigenvalue weighted by molar-refractivity contribution is -0.142. The third-order valence-corrected chi connectivity index (χ3v) is 3.59. The van der Waals surface area contributed by atoms with E-state index < -0.39 is 12.0 Å². The Morgan fingerprint density at radius 2 is 1.83 bits per heavy atom. The number of amides is 1. The smallest absolute Gasteiger partial charge is 0.327 e. The van der Waals surface area contributed by atoms with Crippen LogP contribution in [0, 0.1) is 0 Å². The van der Waals surface area contributed by atoms with E-state index in [0.29, 0.717) is 12.6 Å². The Balaban J connectivity index is 2.50. The van der Waals surface area contributed by atoms with Crippen molar-refractivity contribution in [1.29, 1.82) is 0 Å². The Kier molecular flexibility index (Phi) is 6.12. The van der Waals surface area contributed by atoms with Gasteiger partial charge in [-0.3, -0.25) is 4.79 Å². The number of likely N-dealkylation sites (N-methyl/N-ethyl adjacent to an activating group) is 1. The first-order valence-corrected chi connectivity index (χ1v) is 6.71. The number of carbonyl (C=O) groups is 2. The van der Waals surface area contributed by atoms with Crippen molar-refractivity contribution < 1.29 is 14.7 Å². The zero-order valence-electron chi connectivity index (χ0n) is 11.3. The van der Waals surface area contributed by atoms with E-state index in [0.717, 1.165) is 12.8 Å². The van der Waals surface area contributed by atoms with Gasteiger partial charge in [-0.05, 0) is 19.9 Å². The van der Waals surface area contributed by atoms with Gasteiger partial charge in [0.1, 0.15) is 6.04 Å². The third-order valence-electron chi connectivity index (χ3n) is 3.59. The molecule has 1 atom stereocenters. The van der Waals surface area contributed by atoms with E-state index in [1.54, 1.807) is 0 Å². The molecule has 5 nitrogen and oxygen atoms in total. The number of hydrogen-bond donors (Lipinski definition) is 2. The van der Waals surface area contributed by atoms with Gasteiger partial charge in [0.2, 0.25) is 5.91 Å². The molecule has 1 aliphatic rings. The molecule has 1 amide bonds. The van der Waals surface area contributed by atoms with Gasteiger partial charge in [-0.25, -0.2) is 4.79 Å². The molecule has 0 spiro atoms. The van der Waals surface area contributed by atoms with Crippen LogP contribution >= 0.6 is 0 Å². The molecule has 5 heteroatoms. The fourth-order valence-corrected chi connectivity index (χ4v) is 2.57. The van der Waals surface area contributed by atoms with Crippen molar-refractivity contribution in [2.45, 2.75) is 57.5 Å². The first kappa shape index (κ1) is 15.0. The number of carboxylic acids is 1. The normalized spacial score (nSPS) is 19.3. The molecule has 0 aromatic heterocycles. The minimum atomic E-state index is -0.967. The van der Waals surface area contributed by atoms with Gasteiger partial charge < -0.3 is 15.3 Å². The topological polar surface area (TPSA) is 69.6 Å². The van der Waals surface area contributed by atoms with Crippen LogP contribution in [0.1, 0.15) is 45.4 Å². The Morgan fingerprint density at radius 1 is 1.28 bits per heavy atom. The molecule has 104 valence electrons. The van der Waals surface area contributed by atoms with E-state index in [2.05, 4.69) is 10.2 Å². The summed E-state index contributed by atoms with van der Waals surface area (Å²) in [7, 11) is 1.95. The molecule has 1 unspecified atom stereocenters. The Morgan fingerprint density at radius 3 is 2.28 bits per heavy atom. The van der Waals surface area contributed by atoms with E-state index in [1.165, 1.54) is 32.6 Å². The lowest BCUT2D eigenvalue weighted by Crippen LogP contribution is -2.49. The highest BCUT2D eigenvalue weighted by Crippen LogP contribution is 2.21. The summed E-state index contributed by atoms with van der Waals surface area (Å²) < 4.78 is 0. The molecule has 0 aliphatic heterocycles. The van der Waals surface area contributed by atoms with Crippen molar-refractivity contribution in [3.05, 3.63) is 0 Å². The highest BCUT2D eigenvalue weighted by atomic mass is 16.4. The summed E-state index contributed by atoms with van der Waals surface area (Å²) in [5, 5.41) is 11.6. The summed E-state index contributed by atoms with van der Waals surface area (Å²) >= 11 is 0. The molecule has 0 bridgehead atoms. The van der Waals surface area contributed by atoms with Crippen LogP contribution < -0.4 is 5.32 Å². The van der Waals surface area contributed by atoms with Crippen molar-refractivity contribution in [3.8, 4) is 0 Å². The third kappa shape index (κ3) is 5.04. The lowest BCUT2D eigenvalue weighted by Gasteiger charge is -2.29. The van der Waals surface area contributed by atoms with E-state index in [-0.39, 0.29) is 5.91 Å². The molecule has 0 heterocycles. The van der Waals surface area contributed by atoms with Gasteiger partial charge in [0.25, 0.3) is 0 Å². The van der Waals surface area contributed by atoms with Crippen LogP contribution in [0.25, 0.3) is 0 Å². The monoisotopic (exact) mass is 256 g/mol. The van der Waals surface area contributed by atoms with Gasteiger partial charge in [0.05, 0.1) is 0 Å². The summed E-state index contributed by atoms with van der Waals surface area (Å²) in [5.41, 5.74) is 0. The highest BCUT2D eigenvalue weighted by molar-refractivity contribution is 5.82. The molecule has 2 N–H and O–H groups in total. The number of carbonyl (C=O) groups excluding carboxylic acids is 1.